The number of carbonyl (C=O) groups is 4. The van der Waals surface area contributed by atoms with Crippen LogP contribution in [0.15, 0.2) is 102 Å². The summed E-state index contributed by atoms with van der Waals surface area (Å²) in [6, 6.07) is 22.4. The highest BCUT2D eigenvalue weighted by atomic mass is 35.5. The van der Waals surface area contributed by atoms with Gasteiger partial charge in [-0.1, -0.05) is 35.9 Å². The number of rotatable bonds is 14. The summed E-state index contributed by atoms with van der Waals surface area (Å²) in [5.74, 6) is -5.05. The SMILES string of the molecule is O=C(O)C(CNC(=O)C(=O)Nc1ccc(Cc2ccncc2)cc1)=NC(=O)c1ccc(Nc2nc(NC3(c4ccc(Cl)cc4)CC3)nc(OCC(F)(F)F)n2)cc1. The van der Waals surface area contributed by atoms with Crippen LogP contribution < -0.4 is 26.0 Å². The number of aromatic nitrogens is 4. The van der Waals surface area contributed by atoms with Crippen LogP contribution >= 0.6 is 11.6 Å². The summed E-state index contributed by atoms with van der Waals surface area (Å²) < 4.78 is 43.7. The Balaban J connectivity index is 1.07. The first kappa shape index (κ1) is 39.7. The first-order valence-corrected chi connectivity index (χ1v) is 17.4. The number of aliphatic carboxylic acids is 1. The minimum atomic E-state index is -4.66. The zero-order valence-electron chi connectivity index (χ0n) is 29.5. The third-order valence-electron chi connectivity index (χ3n) is 8.34. The molecule has 0 aliphatic heterocycles. The van der Waals surface area contributed by atoms with Gasteiger partial charge in [0.25, 0.3) is 5.91 Å². The molecular formula is C38H31ClF3N9O6. The summed E-state index contributed by atoms with van der Waals surface area (Å²) >= 11 is 6.02. The number of benzene rings is 3. The molecule has 19 heteroatoms. The van der Waals surface area contributed by atoms with E-state index in [1.54, 1.807) is 48.8 Å². The molecule has 15 nitrogen and oxygen atoms in total. The van der Waals surface area contributed by atoms with Gasteiger partial charge in [0.1, 0.15) is 5.71 Å². The molecule has 292 valence electrons. The number of carboxylic acid groups (broad SMARTS) is 1. The Bertz CT molecular complexity index is 2290. The number of halogens is 4. The van der Waals surface area contributed by atoms with Crippen molar-refractivity contribution in [3.63, 3.8) is 0 Å². The Kier molecular flexibility index (Phi) is 12.0. The molecular weight excluding hydrogens is 771 g/mol. The fraction of sp³-hybridized carbons (Fsp3) is 0.184. The van der Waals surface area contributed by atoms with Crippen LogP contribution in [0.1, 0.15) is 39.9 Å². The maximum atomic E-state index is 13.0. The number of hydrogen-bond donors (Lipinski definition) is 5. The number of hydrogen-bond acceptors (Lipinski definition) is 11. The van der Waals surface area contributed by atoms with Crippen LogP contribution in [0.3, 0.4) is 0 Å². The van der Waals surface area contributed by atoms with E-state index in [1.807, 2.05) is 24.3 Å². The third-order valence-corrected chi connectivity index (χ3v) is 8.59. The standard InChI is InChI=1S/C38H31ClF3N9O6/c39-26-7-5-25(6-8-26)37(15-16-37)51-35-48-34(49-36(50-35)57-21-38(40,41)42)46-28-11-3-24(4-12-28)30(52)47-29(33(55)56)20-44-31(53)32(54)45-27-9-1-22(2-10-27)19-23-13-17-43-18-14-23/h1-14,17-18H,15-16,19-21H2,(H,44,53)(H,45,54)(H,55,56)(H2,46,48,49,50,51). The number of carboxylic acids is 1. The molecule has 1 saturated carbocycles. The Morgan fingerprint density at radius 2 is 1.44 bits per heavy atom. The molecule has 1 aliphatic carbocycles. The number of anilines is 4. The summed E-state index contributed by atoms with van der Waals surface area (Å²) in [6.07, 6.45) is 0.719. The monoisotopic (exact) mass is 801 g/mol. The van der Waals surface area contributed by atoms with Gasteiger partial charge in [0.15, 0.2) is 6.61 Å². The van der Waals surface area contributed by atoms with Crippen molar-refractivity contribution in [1.29, 1.82) is 0 Å². The maximum absolute atomic E-state index is 13.0. The lowest BCUT2D eigenvalue weighted by molar-refractivity contribution is -0.154. The predicted molar refractivity (Wildman–Crippen MR) is 202 cm³/mol. The zero-order chi connectivity index (χ0) is 40.6. The maximum Gasteiger partial charge on any atom is 0.422 e. The molecule has 3 amide bonds. The van der Waals surface area contributed by atoms with Gasteiger partial charge >= 0.3 is 30.0 Å². The second kappa shape index (κ2) is 17.2. The predicted octanol–water partition coefficient (Wildman–Crippen LogP) is 5.72. The van der Waals surface area contributed by atoms with E-state index in [2.05, 4.69) is 46.2 Å². The molecule has 2 heterocycles. The summed E-state index contributed by atoms with van der Waals surface area (Å²) in [5, 5.41) is 20.7. The Morgan fingerprint density at radius 3 is 2.07 bits per heavy atom. The van der Waals surface area contributed by atoms with Gasteiger partial charge in [0.2, 0.25) is 11.9 Å². The number of nitrogens with zero attached hydrogens (tertiary/aromatic N) is 5. The van der Waals surface area contributed by atoms with Gasteiger partial charge < -0.3 is 31.1 Å². The van der Waals surface area contributed by atoms with Crippen LogP contribution in [0.25, 0.3) is 0 Å². The first-order chi connectivity index (χ1) is 27.2. The smallest absolute Gasteiger partial charge is 0.422 e. The van der Waals surface area contributed by atoms with Crippen molar-refractivity contribution in [3.8, 4) is 6.01 Å². The molecule has 2 aromatic heterocycles. The van der Waals surface area contributed by atoms with Crippen LogP contribution in [-0.4, -0.2) is 73.8 Å². The Morgan fingerprint density at radius 1 is 0.807 bits per heavy atom. The molecule has 0 bridgehead atoms. The van der Waals surface area contributed by atoms with Gasteiger partial charge in [0, 0.05) is 34.4 Å². The Hall–Kier alpha value is -6.95. The summed E-state index contributed by atoms with van der Waals surface area (Å²) in [5.41, 5.74) is 2.11. The van der Waals surface area contributed by atoms with E-state index in [-0.39, 0.29) is 23.1 Å². The third kappa shape index (κ3) is 11.3. The largest absolute Gasteiger partial charge is 0.477 e. The fourth-order valence-corrected chi connectivity index (χ4v) is 5.45. The molecule has 0 saturated heterocycles. The number of amides is 3. The molecule has 1 aliphatic rings. The number of alkyl halides is 3. The summed E-state index contributed by atoms with van der Waals surface area (Å²) in [6.45, 7) is -2.39. The van der Waals surface area contributed by atoms with E-state index in [0.717, 1.165) is 16.7 Å². The zero-order valence-corrected chi connectivity index (χ0v) is 30.3. The van der Waals surface area contributed by atoms with Gasteiger partial charge in [0.05, 0.1) is 12.1 Å². The topological polar surface area (TPSA) is 210 Å². The van der Waals surface area contributed by atoms with Gasteiger partial charge in [-0.3, -0.25) is 19.4 Å². The number of aliphatic imine (C=N–C) groups is 1. The molecule has 5 N–H and O–H groups in total. The molecule has 0 radical (unpaired) electrons. The molecule has 6 rings (SSSR count). The minimum Gasteiger partial charge on any atom is -0.477 e. The van der Waals surface area contributed by atoms with Gasteiger partial charge in [-0.2, -0.15) is 28.1 Å². The van der Waals surface area contributed by atoms with Crippen molar-refractivity contribution in [2.75, 3.05) is 29.1 Å². The van der Waals surface area contributed by atoms with Crippen LogP contribution in [0, 0.1) is 0 Å². The lowest BCUT2D eigenvalue weighted by atomic mass is 10.1. The van der Waals surface area contributed by atoms with E-state index in [1.165, 1.54) is 24.3 Å². The number of ether oxygens (including phenoxy) is 1. The van der Waals surface area contributed by atoms with Crippen LogP contribution in [0.4, 0.5) is 36.4 Å². The van der Waals surface area contributed by atoms with E-state index in [4.69, 9.17) is 16.3 Å². The average molecular weight is 802 g/mol. The molecule has 0 atom stereocenters. The second-order valence-electron chi connectivity index (χ2n) is 12.6. The molecule has 0 spiro atoms. The summed E-state index contributed by atoms with van der Waals surface area (Å²) in [7, 11) is 0. The van der Waals surface area contributed by atoms with E-state index < -0.39 is 60.3 Å². The van der Waals surface area contributed by atoms with Crippen molar-refractivity contribution in [3.05, 3.63) is 125 Å². The fourth-order valence-electron chi connectivity index (χ4n) is 5.32. The van der Waals surface area contributed by atoms with Crippen LogP contribution in [0.2, 0.25) is 5.02 Å². The highest BCUT2D eigenvalue weighted by Crippen LogP contribution is 2.48. The number of pyridine rings is 1. The highest BCUT2D eigenvalue weighted by molar-refractivity contribution is 6.42. The molecule has 3 aromatic carbocycles. The molecule has 5 aromatic rings. The lowest BCUT2D eigenvalue weighted by Crippen LogP contribution is -2.40. The first-order valence-electron chi connectivity index (χ1n) is 17.0. The summed E-state index contributed by atoms with van der Waals surface area (Å²) in [4.78, 5) is 69.5. The van der Waals surface area contributed by atoms with Gasteiger partial charge in [-0.05, 0) is 96.6 Å². The Labute approximate surface area is 326 Å². The van der Waals surface area contributed by atoms with Crippen LogP contribution in [0.5, 0.6) is 6.01 Å². The highest BCUT2D eigenvalue weighted by Gasteiger charge is 2.45. The van der Waals surface area contributed by atoms with Crippen molar-refractivity contribution < 1.29 is 42.2 Å². The normalized spacial score (nSPS) is 13.2. The van der Waals surface area contributed by atoms with Crippen molar-refractivity contribution in [2.45, 2.75) is 31.0 Å². The van der Waals surface area contributed by atoms with Crippen LogP contribution in [-0.2, 0) is 26.3 Å². The second-order valence-corrected chi connectivity index (χ2v) is 13.1. The number of nitrogens with one attached hydrogen (secondary N) is 4. The minimum absolute atomic E-state index is 0.0541. The van der Waals surface area contributed by atoms with Crippen molar-refractivity contribution in [2.24, 2.45) is 4.99 Å². The molecule has 57 heavy (non-hydrogen) atoms. The lowest BCUT2D eigenvalue weighted by Gasteiger charge is -2.19. The van der Waals surface area contributed by atoms with Gasteiger partial charge in [-0.15, -0.1) is 0 Å². The van der Waals surface area contributed by atoms with E-state index in [0.29, 0.717) is 30.0 Å². The van der Waals surface area contributed by atoms with Crippen molar-refractivity contribution in [1.82, 2.24) is 25.3 Å². The molecule has 1 fully saturated rings. The quantitative estimate of drug-likeness (QED) is 0.0675. The number of carbonyl (C=O) groups excluding carboxylic acids is 3. The van der Waals surface area contributed by atoms with Gasteiger partial charge in [-0.25, -0.2) is 9.79 Å². The van der Waals surface area contributed by atoms with E-state index in [9.17, 15) is 37.5 Å². The average Bonchev–Trinajstić information content (AvgIpc) is 3.96. The van der Waals surface area contributed by atoms with Crippen molar-refractivity contribution >= 4 is 64.3 Å². The van der Waals surface area contributed by atoms with E-state index >= 15 is 0 Å². The molecule has 0 unspecified atom stereocenters.